The number of ether oxygens (including phenoxy) is 4. The molecule has 3 heterocycles. The second-order valence-electron chi connectivity index (χ2n) is 7.87. The summed E-state index contributed by atoms with van der Waals surface area (Å²) in [5.74, 6) is -0.319. The van der Waals surface area contributed by atoms with Crippen molar-refractivity contribution in [3.63, 3.8) is 0 Å². The third kappa shape index (κ3) is 4.65. The summed E-state index contributed by atoms with van der Waals surface area (Å²) in [6.45, 7) is 7.70. The van der Waals surface area contributed by atoms with Crippen LogP contribution in [0, 0.1) is 0 Å². The first-order valence-corrected chi connectivity index (χ1v) is 11.7. The molecule has 0 N–H and O–H groups in total. The summed E-state index contributed by atoms with van der Waals surface area (Å²) in [6, 6.07) is -0.251. The summed E-state index contributed by atoms with van der Waals surface area (Å²) >= 11 is 7.88. The van der Waals surface area contributed by atoms with E-state index in [2.05, 4.69) is 27.2 Å². The van der Waals surface area contributed by atoms with Crippen LogP contribution in [0.25, 0.3) is 11.2 Å². The molecule has 170 valence electrons. The highest BCUT2D eigenvalue weighted by Crippen LogP contribution is 2.45. The Morgan fingerprint density at radius 1 is 1.29 bits per heavy atom. The predicted octanol–water partition coefficient (Wildman–Crippen LogP) is 2.79. The Bertz CT molecular complexity index is 957. The van der Waals surface area contributed by atoms with Crippen LogP contribution in [0.5, 0.6) is 0 Å². The normalized spacial score (nSPS) is 27.0. The van der Waals surface area contributed by atoms with Crippen LogP contribution in [0.2, 0.25) is 5.15 Å². The molecule has 2 fully saturated rings. The van der Waals surface area contributed by atoms with Crippen LogP contribution in [-0.4, -0.2) is 74.0 Å². The molecule has 0 bridgehead atoms. The Balaban J connectivity index is 1.62. The number of thioether (sulfide) groups is 1. The lowest BCUT2D eigenvalue weighted by atomic mass is 10.2. The van der Waals surface area contributed by atoms with E-state index in [-0.39, 0.29) is 36.1 Å². The molecule has 1 aliphatic carbocycles. The summed E-state index contributed by atoms with van der Waals surface area (Å²) in [7, 11) is 0. The van der Waals surface area contributed by atoms with E-state index >= 15 is 0 Å². The Labute approximate surface area is 189 Å². The number of carbonyl (C=O) groups is 1. The molecule has 4 atom stereocenters. The third-order valence-electron chi connectivity index (χ3n) is 5.11. The van der Waals surface area contributed by atoms with Crippen molar-refractivity contribution in [2.24, 2.45) is 0 Å². The first-order valence-electron chi connectivity index (χ1n) is 10.4. The molecular formula is C19H26ClN5O5S. The highest BCUT2D eigenvalue weighted by Gasteiger charge is 2.56. The quantitative estimate of drug-likeness (QED) is 0.246. The van der Waals surface area contributed by atoms with Crippen LogP contribution in [-0.2, 0) is 23.7 Å². The van der Waals surface area contributed by atoms with E-state index < -0.39 is 11.8 Å². The van der Waals surface area contributed by atoms with Crippen LogP contribution in [0.1, 0.15) is 46.6 Å². The molecule has 2 aliphatic rings. The van der Waals surface area contributed by atoms with E-state index in [0.717, 1.165) is 12.2 Å². The van der Waals surface area contributed by atoms with Gasteiger partial charge >= 0.3 is 5.97 Å². The van der Waals surface area contributed by atoms with E-state index in [9.17, 15) is 4.79 Å². The molecule has 1 saturated heterocycles. The van der Waals surface area contributed by atoms with Gasteiger partial charge in [-0.05, 0) is 27.2 Å². The highest BCUT2D eigenvalue weighted by atomic mass is 35.5. The van der Waals surface area contributed by atoms with Gasteiger partial charge in [-0.25, -0.2) is 19.4 Å². The van der Waals surface area contributed by atoms with Crippen molar-refractivity contribution in [2.75, 3.05) is 19.0 Å². The predicted molar refractivity (Wildman–Crippen MR) is 113 cm³/mol. The summed E-state index contributed by atoms with van der Waals surface area (Å²) in [6.07, 6.45) is 0.439. The van der Waals surface area contributed by atoms with E-state index in [1.54, 1.807) is 11.6 Å². The molecule has 0 spiro atoms. The number of hydrogen-bond acceptors (Lipinski definition) is 10. The van der Waals surface area contributed by atoms with Gasteiger partial charge < -0.3 is 18.9 Å². The van der Waals surface area contributed by atoms with E-state index in [0.29, 0.717) is 29.3 Å². The van der Waals surface area contributed by atoms with Crippen LogP contribution in [0.3, 0.4) is 0 Å². The van der Waals surface area contributed by atoms with Gasteiger partial charge in [0, 0.05) is 12.2 Å². The number of hydrogen-bond donors (Lipinski definition) is 0. The Morgan fingerprint density at radius 3 is 2.81 bits per heavy atom. The molecule has 2 unspecified atom stereocenters. The fraction of sp³-hybridized carbons (Fsp3) is 0.737. The number of nitrogens with zero attached hydrogens (tertiary/aromatic N) is 5. The van der Waals surface area contributed by atoms with Crippen molar-refractivity contribution < 1.29 is 23.7 Å². The second kappa shape index (κ2) is 9.14. The number of aromatic nitrogens is 5. The van der Waals surface area contributed by atoms with Crippen LogP contribution >= 0.6 is 23.4 Å². The maximum absolute atomic E-state index is 11.8. The van der Waals surface area contributed by atoms with Gasteiger partial charge in [0.1, 0.15) is 18.8 Å². The van der Waals surface area contributed by atoms with Crippen molar-refractivity contribution in [3.8, 4) is 0 Å². The molecule has 10 nitrogen and oxygen atoms in total. The van der Waals surface area contributed by atoms with Crippen LogP contribution < -0.4 is 0 Å². The Hall–Kier alpha value is -1.53. The monoisotopic (exact) mass is 471 g/mol. The number of rotatable bonds is 8. The van der Waals surface area contributed by atoms with Crippen LogP contribution in [0.4, 0.5) is 0 Å². The van der Waals surface area contributed by atoms with Gasteiger partial charge in [-0.15, -0.1) is 5.10 Å². The zero-order valence-corrected chi connectivity index (χ0v) is 19.5. The minimum atomic E-state index is -0.787. The minimum absolute atomic E-state index is 0.151. The van der Waals surface area contributed by atoms with Gasteiger partial charge in [0.2, 0.25) is 0 Å². The fourth-order valence-corrected chi connectivity index (χ4v) is 4.89. The van der Waals surface area contributed by atoms with E-state index in [1.165, 1.54) is 11.8 Å². The van der Waals surface area contributed by atoms with E-state index in [1.807, 2.05) is 13.8 Å². The molecule has 0 radical (unpaired) electrons. The number of halogens is 1. The highest BCUT2D eigenvalue weighted by molar-refractivity contribution is 7.99. The van der Waals surface area contributed by atoms with Crippen molar-refractivity contribution in [1.82, 2.24) is 25.0 Å². The van der Waals surface area contributed by atoms with Gasteiger partial charge in [0.25, 0.3) is 0 Å². The van der Waals surface area contributed by atoms with Gasteiger partial charge in [0.15, 0.2) is 27.3 Å². The molecule has 12 heteroatoms. The topological polar surface area (TPSA) is 110 Å². The summed E-state index contributed by atoms with van der Waals surface area (Å²) in [4.78, 5) is 20.8. The zero-order chi connectivity index (χ0) is 22.2. The van der Waals surface area contributed by atoms with Crippen molar-refractivity contribution >= 4 is 40.5 Å². The molecule has 1 saturated carbocycles. The first-order chi connectivity index (χ1) is 14.8. The molecule has 0 aromatic carbocycles. The van der Waals surface area contributed by atoms with Crippen molar-refractivity contribution in [2.45, 2.75) is 75.8 Å². The Kier molecular flexibility index (Phi) is 6.68. The molecule has 2 aromatic rings. The van der Waals surface area contributed by atoms with Gasteiger partial charge in [-0.1, -0.05) is 35.5 Å². The van der Waals surface area contributed by atoms with E-state index in [4.69, 9.17) is 30.5 Å². The lowest BCUT2D eigenvalue weighted by Crippen LogP contribution is -2.32. The SMILES string of the molecule is CCCSc1nc(Cl)c2nnn(C3CC(OCC(=O)OCC)[C@H]4OC(C)(C)O[C@@H]34)c2n1. The lowest BCUT2D eigenvalue weighted by Gasteiger charge is -2.23. The third-order valence-corrected chi connectivity index (χ3v) is 6.43. The van der Waals surface area contributed by atoms with Gasteiger partial charge in [-0.3, -0.25) is 0 Å². The zero-order valence-electron chi connectivity index (χ0n) is 17.9. The molecule has 1 aliphatic heterocycles. The largest absolute Gasteiger partial charge is 0.464 e. The molecule has 0 amide bonds. The van der Waals surface area contributed by atoms with Crippen LogP contribution in [0.15, 0.2) is 5.16 Å². The first kappa shape index (κ1) is 22.7. The maximum atomic E-state index is 11.8. The number of carbonyl (C=O) groups excluding carboxylic acids is 1. The molecule has 4 rings (SSSR count). The minimum Gasteiger partial charge on any atom is -0.464 e. The molecular weight excluding hydrogens is 446 g/mol. The van der Waals surface area contributed by atoms with Crippen molar-refractivity contribution in [1.29, 1.82) is 0 Å². The standard InChI is InChI=1S/C19H26ClN5O5S/c1-5-7-31-18-21-16(20)13-17(22-18)25(24-23-13)10-8-11(28-9-12(26)27-6-2)15-14(10)29-19(3,4)30-15/h10-11,14-15H,5-9H2,1-4H3/t10?,11?,14-,15+/m0/s1. The number of esters is 1. The Morgan fingerprint density at radius 2 is 2.06 bits per heavy atom. The summed E-state index contributed by atoms with van der Waals surface area (Å²) in [5, 5.41) is 9.36. The average Bonchev–Trinajstić information content (AvgIpc) is 3.36. The second-order valence-corrected chi connectivity index (χ2v) is 9.29. The number of fused-ring (bicyclic) bond motifs is 2. The maximum Gasteiger partial charge on any atom is 0.332 e. The fourth-order valence-electron chi connectivity index (χ4n) is 3.95. The smallest absolute Gasteiger partial charge is 0.332 e. The van der Waals surface area contributed by atoms with Gasteiger partial charge in [0.05, 0.1) is 18.8 Å². The lowest BCUT2D eigenvalue weighted by molar-refractivity contribution is -0.174. The average molecular weight is 472 g/mol. The summed E-state index contributed by atoms with van der Waals surface area (Å²) in [5.41, 5.74) is 0.981. The van der Waals surface area contributed by atoms with Gasteiger partial charge in [-0.2, -0.15) is 0 Å². The summed E-state index contributed by atoms with van der Waals surface area (Å²) < 4.78 is 24.8. The molecule has 2 aromatic heterocycles. The van der Waals surface area contributed by atoms with Crippen molar-refractivity contribution in [3.05, 3.63) is 5.15 Å². The molecule has 31 heavy (non-hydrogen) atoms.